The van der Waals surface area contributed by atoms with E-state index in [1.54, 1.807) is 0 Å². The van der Waals surface area contributed by atoms with Crippen LogP contribution in [0.3, 0.4) is 0 Å². The number of hydrogen-bond donors (Lipinski definition) is 1. The average Bonchev–Trinajstić information content (AvgIpc) is 2.39. The third-order valence-corrected chi connectivity index (χ3v) is 3.18. The van der Waals surface area contributed by atoms with Gasteiger partial charge in [-0.15, -0.1) is 0 Å². The SMILES string of the molecule is CC(Nc1cccc(CN(C)C)c1)c1ccc(F)cc1. The van der Waals surface area contributed by atoms with Crippen molar-refractivity contribution in [3.63, 3.8) is 0 Å². The Labute approximate surface area is 120 Å². The fraction of sp³-hybridized carbons (Fsp3) is 0.294. The second-order valence-electron chi connectivity index (χ2n) is 5.36. The summed E-state index contributed by atoms with van der Waals surface area (Å²) in [5, 5.41) is 3.45. The van der Waals surface area contributed by atoms with Gasteiger partial charge in [0.25, 0.3) is 0 Å². The zero-order chi connectivity index (χ0) is 14.5. The lowest BCUT2D eigenvalue weighted by Gasteiger charge is -2.17. The Kier molecular flexibility index (Phi) is 4.74. The molecule has 0 fully saturated rings. The van der Waals surface area contributed by atoms with Crippen molar-refractivity contribution in [2.24, 2.45) is 0 Å². The third kappa shape index (κ3) is 4.07. The van der Waals surface area contributed by atoms with Crippen molar-refractivity contribution >= 4 is 5.69 Å². The fourth-order valence-electron chi connectivity index (χ4n) is 2.21. The first kappa shape index (κ1) is 14.5. The van der Waals surface area contributed by atoms with Crippen LogP contribution in [0, 0.1) is 5.82 Å². The van der Waals surface area contributed by atoms with Crippen LogP contribution < -0.4 is 5.32 Å². The molecule has 2 nitrogen and oxygen atoms in total. The number of rotatable bonds is 5. The van der Waals surface area contributed by atoms with E-state index in [0.717, 1.165) is 17.8 Å². The van der Waals surface area contributed by atoms with Gasteiger partial charge < -0.3 is 10.2 Å². The molecule has 20 heavy (non-hydrogen) atoms. The van der Waals surface area contributed by atoms with Crippen LogP contribution in [0.2, 0.25) is 0 Å². The maximum Gasteiger partial charge on any atom is 0.123 e. The number of anilines is 1. The van der Waals surface area contributed by atoms with Crippen LogP contribution in [-0.4, -0.2) is 19.0 Å². The predicted octanol–water partition coefficient (Wildman–Crippen LogP) is 4.06. The van der Waals surface area contributed by atoms with Crippen molar-refractivity contribution in [3.05, 3.63) is 65.5 Å². The highest BCUT2D eigenvalue weighted by Crippen LogP contribution is 2.20. The quantitative estimate of drug-likeness (QED) is 0.883. The monoisotopic (exact) mass is 272 g/mol. The Morgan fingerprint density at radius 2 is 1.80 bits per heavy atom. The minimum atomic E-state index is -0.200. The molecule has 2 rings (SSSR count). The summed E-state index contributed by atoms with van der Waals surface area (Å²) in [6, 6.07) is 15.1. The Hall–Kier alpha value is -1.87. The van der Waals surface area contributed by atoms with Crippen molar-refractivity contribution < 1.29 is 4.39 Å². The van der Waals surface area contributed by atoms with Crippen LogP contribution >= 0.6 is 0 Å². The number of halogens is 1. The maximum absolute atomic E-state index is 12.9. The Balaban J connectivity index is 2.07. The molecule has 0 spiro atoms. The molecule has 2 aromatic carbocycles. The summed E-state index contributed by atoms with van der Waals surface area (Å²) in [5.74, 6) is -0.200. The summed E-state index contributed by atoms with van der Waals surface area (Å²) < 4.78 is 12.9. The molecule has 0 aliphatic carbocycles. The molecule has 0 aliphatic rings. The molecule has 0 aromatic heterocycles. The summed E-state index contributed by atoms with van der Waals surface area (Å²) in [6.45, 7) is 2.99. The number of benzene rings is 2. The highest BCUT2D eigenvalue weighted by Gasteiger charge is 2.06. The van der Waals surface area contributed by atoms with Gasteiger partial charge in [0.05, 0.1) is 0 Å². The molecule has 0 saturated carbocycles. The van der Waals surface area contributed by atoms with Crippen molar-refractivity contribution in [2.45, 2.75) is 19.5 Å². The highest BCUT2D eigenvalue weighted by atomic mass is 19.1. The summed E-state index contributed by atoms with van der Waals surface area (Å²) in [7, 11) is 4.11. The van der Waals surface area contributed by atoms with Gasteiger partial charge in [0, 0.05) is 18.3 Å². The zero-order valence-electron chi connectivity index (χ0n) is 12.2. The van der Waals surface area contributed by atoms with Gasteiger partial charge in [-0.25, -0.2) is 4.39 Å². The third-order valence-electron chi connectivity index (χ3n) is 3.18. The molecule has 0 radical (unpaired) electrons. The van der Waals surface area contributed by atoms with Crippen LogP contribution in [0.4, 0.5) is 10.1 Å². The van der Waals surface area contributed by atoms with E-state index in [9.17, 15) is 4.39 Å². The normalized spacial score (nSPS) is 12.4. The Morgan fingerprint density at radius 1 is 1.10 bits per heavy atom. The molecule has 0 bridgehead atoms. The van der Waals surface area contributed by atoms with Crippen LogP contribution in [0.15, 0.2) is 48.5 Å². The van der Waals surface area contributed by atoms with Crippen LogP contribution in [0.25, 0.3) is 0 Å². The average molecular weight is 272 g/mol. The minimum Gasteiger partial charge on any atom is -0.379 e. The van der Waals surface area contributed by atoms with Gasteiger partial charge in [0.2, 0.25) is 0 Å². The second-order valence-corrected chi connectivity index (χ2v) is 5.36. The topological polar surface area (TPSA) is 15.3 Å². The zero-order valence-corrected chi connectivity index (χ0v) is 12.2. The first-order valence-electron chi connectivity index (χ1n) is 6.80. The van der Waals surface area contributed by atoms with E-state index in [-0.39, 0.29) is 11.9 Å². The molecule has 0 amide bonds. The molecule has 0 aliphatic heterocycles. The van der Waals surface area contributed by atoms with Crippen LogP contribution in [0.1, 0.15) is 24.1 Å². The van der Waals surface area contributed by atoms with Crippen molar-refractivity contribution in [1.29, 1.82) is 0 Å². The van der Waals surface area contributed by atoms with Gasteiger partial charge in [-0.1, -0.05) is 24.3 Å². The van der Waals surface area contributed by atoms with Crippen molar-refractivity contribution in [2.75, 3.05) is 19.4 Å². The van der Waals surface area contributed by atoms with Gasteiger partial charge in [-0.2, -0.15) is 0 Å². The molecule has 1 unspecified atom stereocenters. The van der Waals surface area contributed by atoms with E-state index in [1.165, 1.54) is 17.7 Å². The molecule has 1 N–H and O–H groups in total. The van der Waals surface area contributed by atoms with E-state index in [2.05, 4.69) is 55.5 Å². The van der Waals surface area contributed by atoms with Gasteiger partial charge in [-0.05, 0) is 56.4 Å². The first-order chi connectivity index (χ1) is 9.54. The predicted molar refractivity (Wildman–Crippen MR) is 82.3 cm³/mol. The molecular weight excluding hydrogens is 251 g/mol. The van der Waals surface area contributed by atoms with Crippen LogP contribution in [-0.2, 0) is 6.54 Å². The molecule has 1 atom stereocenters. The van der Waals surface area contributed by atoms with E-state index in [1.807, 2.05) is 12.1 Å². The van der Waals surface area contributed by atoms with E-state index in [4.69, 9.17) is 0 Å². The van der Waals surface area contributed by atoms with Gasteiger partial charge >= 0.3 is 0 Å². The molecule has 0 saturated heterocycles. The number of nitrogens with one attached hydrogen (secondary N) is 1. The largest absolute Gasteiger partial charge is 0.379 e. The lowest BCUT2D eigenvalue weighted by molar-refractivity contribution is 0.402. The lowest BCUT2D eigenvalue weighted by atomic mass is 10.1. The molecule has 2 aromatic rings. The van der Waals surface area contributed by atoms with E-state index >= 15 is 0 Å². The maximum atomic E-state index is 12.9. The van der Waals surface area contributed by atoms with Crippen molar-refractivity contribution in [3.8, 4) is 0 Å². The van der Waals surface area contributed by atoms with Gasteiger partial charge in [-0.3, -0.25) is 0 Å². The molecule has 0 heterocycles. The van der Waals surface area contributed by atoms with Gasteiger partial charge in [0.1, 0.15) is 5.82 Å². The summed E-state index contributed by atoms with van der Waals surface area (Å²) >= 11 is 0. The minimum absolute atomic E-state index is 0.144. The number of nitrogens with zero attached hydrogens (tertiary/aromatic N) is 1. The van der Waals surface area contributed by atoms with Gasteiger partial charge in [0.15, 0.2) is 0 Å². The Bertz CT molecular complexity index is 549. The smallest absolute Gasteiger partial charge is 0.123 e. The highest BCUT2D eigenvalue weighted by molar-refractivity contribution is 5.47. The molecule has 3 heteroatoms. The standard InChI is InChI=1S/C17H21FN2/c1-13(15-7-9-16(18)10-8-15)19-17-6-4-5-14(11-17)12-20(2)3/h4-11,13,19H,12H2,1-3H3. The number of hydrogen-bond acceptors (Lipinski definition) is 2. The first-order valence-corrected chi connectivity index (χ1v) is 6.80. The van der Waals surface area contributed by atoms with E-state index in [0.29, 0.717) is 0 Å². The summed E-state index contributed by atoms with van der Waals surface area (Å²) in [5.41, 5.74) is 3.43. The van der Waals surface area contributed by atoms with Crippen LogP contribution in [0.5, 0.6) is 0 Å². The lowest BCUT2D eigenvalue weighted by Crippen LogP contribution is -2.11. The van der Waals surface area contributed by atoms with Crippen molar-refractivity contribution in [1.82, 2.24) is 4.90 Å². The second kappa shape index (κ2) is 6.53. The fourth-order valence-corrected chi connectivity index (χ4v) is 2.21. The molecule has 106 valence electrons. The summed E-state index contributed by atoms with van der Waals surface area (Å²) in [6.07, 6.45) is 0. The molecular formula is C17H21FN2. The summed E-state index contributed by atoms with van der Waals surface area (Å²) in [4.78, 5) is 2.14. The Morgan fingerprint density at radius 3 is 2.45 bits per heavy atom. The van der Waals surface area contributed by atoms with E-state index < -0.39 is 0 Å².